The molecule has 0 heterocycles. The van der Waals surface area contributed by atoms with E-state index in [9.17, 15) is 77.3 Å². The highest BCUT2D eigenvalue weighted by Gasteiger charge is 2.39. The maximum atomic E-state index is 14.4. The van der Waals surface area contributed by atoms with Crippen molar-refractivity contribution in [2.75, 3.05) is 45.1 Å². The second kappa shape index (κ2) is 49.6. The third-order valence-electron chi connectivity index (χ3n) is 16.9. The van der Waals surface area contributed by atoms with Crippen molar-refractivity contribution in [2.24, 2.45) is 75.1 Å². The van der Waals surface area contributed by atoms with Crippen LogP contribution in [0, 0.1) is 41.4 Å². The van der Waals surface area contributed by atoms with Gasteiger partial charge in [-0.2, -0.15) is 12.6 Å². The lowest BCUT2D eigenvalue weighted by atomic mass is 9.95. The lowest BCUT2D eigenvalue weighted by Crippen LogP contribution is -2.62. The summed E-state index contributed by atoms with van der Waals surface area (Å²) in [6, 6.07) is -15.5. The maximum absolute atomic E-state index is 14.4. The molecule has 0 aliphatic rings. The molecule has 0 rings (SSSR count). The Morgan fingerprint density at radius 1 is 0.402 bits per heavy atom. The van der Waals surface area contributed by atoms with Crippen molar-refractivity contribution in [3.05, 3.63) is 0 Å². The van der Waals surface area contributed by atoms with Gasteiger partial charge < -0.3 is 108 Å². The number of carbonyl (C=O) groups excluding carboxylic acids is 13. The summed E-state index contributed by atoms with van der Waals surface area (Å²) in [7, 11) is 0. The van der Waals surface area contributed by atoms with E-state index in [1.807, 2.05) is 0 Å². The second-order valence-electron chi connectivity index (χ2n) is 27.5. The number of aliphatic hydroxyl groups is 1. The Kier molecular flexibility index (Phi) is 45.7. The molecule has 584 valence electrons. The number of nitrogens with one attached hydrogen (secondary N) is 13. The number of thiol groups is 1. The third-order valence-corrected chi connectivity index (χ3v) is 17.2. The highest BCUT2D eigenvalue weighted by Crippen LogP contribution is 2.16. The number of nitrogens with two attached hydrogens (primary N) is 5. The summed E-state index contributed by atoms with van der Waals surface area (Å²) in [6.45, 7) is 22.0. The van der Waals surface area contributed by atoms with Gasteiger partial charge in [0.25, 0.3) is 0 Å². The Hall–Kier alpha value is -7.96. The van der Waals surface area contributed by atoms with E-state index in [2.05, 4.69) is 86.7 Å². The van der Waals surface area contributed by atoms with Crippen LogP contribution >= 0.6 is 12.6 Å². The molecule has 0 fully saturated rings. The van der Waals surface area contributed by atoms with E-state index in [1.165, 1.54) is 0 Å². The van der Waals surface area contributed by atoms with E-state index in [0.717, 1.165) is 0 Å². The summed E-state index contributed by atoms with van der Waals surface area (Å²) >= 11 is 4.20. The van der Waals surface area contributed by atoms with Gasteiger partial charge in [-0.1, -0.05) is 116 Å². The molecule has 0 aromatic heterocycles. The molecule has 35 nitrogen and oxygen atoms in total. The zero-order valence-corrected chi connectivity index (χ0v) is 63.0. The number of nitrogens with zero attached hydrogens (tertiary/aromatic N) is 1. The van der Waals surface area contributed by atoms with Crippen molar-refractivity contribution in [1.82, 2.24) is 69.1 Å². The van der Waals surface area contributed by atoms with E-state index >= 15 is 0 Å². The fraction of sp³-hybridized carbons (Fsp3) is 0.773. The van der Waals surface area contributed by atoms with Crippen molar-refractivity contribution in [2.45, 2.75) is 240 Å². The smallest absolute Gasteiger partial charge is 0.326 e. The molecule has 0 radical (unpaired) electrons. The fourth-order valence-corrected chi connectivity index (χ4v) is 10.4. The zero-order chi connectivity index (χ0) is 78.3. The molecule has 0 aliphatic carbocycles. The van der Waals surface area contributed by atoms with Gasteiger partial charge in [0.05, 0.1) is 25.7 Å². The van der Waals surface area contributed by atoms with Crippen molar-refractivity contribution in [3.63, 3.8) is 0 Å². The van der Waals surface area contributed by atoms with Gasteiger partial charge in [-0.25, -0.2) is 4.79 Å². The number of carbonyl (C=O) groups is 14. The molecule has 36 heteroatoms. The number of unbranched alkanes of at least 4 members (excludes halogenated alkanes) is 2. The minimum atomic E-state index is -1.56. The van der Waals surface area contributed by atoms with Crippen molar-refractivity contribution >= 4 is 101 Å². The first-order valence-electron chi connectivity index (χ1n) is 35.3. The van der Waals surface area contributed by atoms with Crippen LogP contribution in [0.2, 0.25) is 0 Å². The Morgan fingerprint density at radius 3 is 1.18 bits per heavy atom. The number of hydrogen-bond donors (Lipinski definition) is 21. The first-order chi connectivity index (χ1) is 47.8. The number of hydrogen-bond acceptors (Lipinski definition) is 20. The molecule has 0 aromatic carbocycles. The van der Waals surface area contributed by atoms with Gasteiger partial charge in [-0.3, -0.25) is 67.3 Å². The summed E-state index contributed by atoms with van der Waals surface area (Å²) in [5, 5.41) is 53.3. The highest BCUT2D eigenvalue weighted by atomic mass is 32.1. The molecule has 0 unspecified atom stereocenters. The van der Waals surface area contributed by atoms with E-state index in [1.54, 1.807) is 96.9 Å². The molecule has 0 saturated heterocycles. The SMILES string of the molecule is CC[C@H](C)[C@H](NC(=O)[C@@H](NC(=O)[C@H](CC(C)C)NC(=O)[C@H](CO)NC(=O)CNC(=O)[C@@H](N)CCCCN)C(C)C)C(=O)N[C@@H](CCCN=C(N)N)C(=O)NCC(=O)N[C@H](C(=O)N[C@H](C(=O)N[C@H](C(=O)N[C@H](C(=O)N[C@@H](CS)C(=O)N[C@@H](CCCCN)C(=O)O)C(C)C)C(C)C)[C@@H](C)CC)C(C)C. The van der Waals surface area contributed by atoms with Crippen LogP contribution in [0.1, 0.15) is 168 Å². The summed E-state index contributed by atoms with van der Waals surface area (Å²) in [4.78, 5) is 195. The van der Waals surface area contributed by atoms with Crippen LogP contribution in [-0.2, 0) is 67.1 Å². The fourth-order valence-electron chi connectivity index (χ4n) is 10.1. The lowest BCUT2D eigenvalue weighted by Gasteiger charge is -2.31. The molecular formula is C66H123N19O16S. The van der Waals surface area contributed by atoms with Crippen LogP contribution in [0.4, 0.5) is 0 Å². The van der Waals surface area contributed by atoms with Crippen LogP contribution in [0.5, 0.6) is 0 Å². The van der Waals surface area contributed by atoms with Gasteiger partial charge in [0.2, 0.25) is 76.8 Å². The van der Waals surface area contributed by atoms with Gasteiger partial charge in [0.1, 0.15) is 66.5 Å². The molecule has 0 bridgehead atoms. The first kappa shape index (κ1) is 94.0. The monoisotopic (exact) mass is 1470 g/mol. The number of amides is 13. The van der Waals surface area contributed by atoms with Crippen LogP contribution < -0.4 is 97.8 Å². The van der Waals surface area contributed by atoms with Crippen molar-refractivity contribution < 1.29 is 77.3 Å². The van der Waals surface area contributed by atoms with Crippen LogP contribution in [-0.4, -0.2) is 217 Å². The Labute approximate surface area is 605 Å². The van der Waals surface area contributed by atoms with Gasteiger partial charge in [0.15, 0.2) is 5.96 Å². The molecule has 14 atom stereocenters. The van der Waals surface area contributed by atoms with Gasteiger partial charge in [-0.05, 0) is 106 Å². The molecule has 25 N–H and O–H groups in total. The molecule has 0 spiro atoms. The van der Waals surface area contributed by atoms with E-state index < -0.39 is 210 Å². The molecular weight excluding hydrogens is 1350 g/mol. The predicted octanol–water partition coefficient (Wildman–Crippen LogP) is -4.04. The van der Waals surface area contributed by atoms with Gasteiger partial charge >= 0.3 is 5.97 Å². The minimum absolute atomic E-state index is 0.0175. The van der Waals surface area contributed by atoms with Crippen LogP contribution in [0.3, 0.4) is 0 Å². The second-order valence-corrected chi connectivity index (χ2v) is 27.8. The number of carboxylic acid groups (broad SMARTS) is 1. The van der Waals surface area contributed by atoms with Crippen LogP contribution in [0.25, 0.3) is 0 Å². The molecule has 102 heavy (non-hydrogen) atoms. The normalized spacial score (nSPS) is 15.5. The molecule has 0 aromatic rings. The number of rotatable bonds is 51. The Balaban J connectivity index is 6.55. The summed E-state index contributed by atoms with van der Waals surface area (Å²) in [5.74, 6) is -16.0. The summed E-state index contributed by atoms with van der Waals surface area (Å²) in [5.41, 5.74) is 28.0. The number of aliphatic imine (C=N–C) groups is 1. The van der Waals surface area contributed by atoms with E-state index in [-0.39, 0.29) is 49.9 Å². The largest absolute Gasteiger partial charge is 0.480 e. The Morgan fingerprint density at radius 2 is 0.755 bits per heavy atom. The number of aliphatic hydroxyl groups excluding tert-OH is 1. The topological polar surface area (TPSA) is 578 Å². The Bertz CT molecular complexity index is 2760. The summed E-state index contributed by atoms with van der Waals surface area (Å²) in [6.07, 6.45) is 3.36. The average molecular weight is 1470 g/mol. The molecule has 13 amide bonds. The third kappa shape index (κ3) is 35.3. The van der Waals surface area contributed by atoms with Crippen molar-refractivity contribution in [1.29, 1.82) is 0 Å². The van der Waals surface area contributed by atoms with Gasteiger partial charge in [-0.15, -0.1) is 0 Å². The zero-order valence-electron chi connectivity index (χ0n) is 62.1. The first-order valence-corrected chi connectivity index (χ1v) is 35.9. The van der Waals surface area contributed by atoms with Gasteiger partial charge in [0, 0.05) is 12.3 Å². The summed E-state index contributed by atoms with van der Waals surface area (Å²) < 4.78 is 0. The number of carboxylic acids is 1. The van der Waals surface area contributed by atoms with E-state index in [4.69, 9.17) is 28.7 Å². The quantitative estimate of drug-likeness (QED) is 0.0119. The van der Waals surface area contributed by atoms with Crippen molar-refractivity contribution in [3.8, 4) is 0 Å². The maximum Gasteiger partial charge on any atom is 0.326 e. The molecule has 0 saturated carbocycles. The number of aliphatic carboxylic acids is 1. The van der Waals surface area contributed by atoms with E-state index in [0.29, 0.717) is 58.0 Å². The number of guanidine groups is 1. The highest BCUT2D eigenvalue weighted by molar-refractivity contribution is 7.80. The predicted molar refractivity (Wildman–Crippen MR) is 387 cm³/mol. The minimum Gasteiger partial charge on any atom is -0.480 e. The van der Waals surface area contributed by atoms with Crippen LogP contribution in [0.15, 0.2) is 4.99 Å². The lowest BCUT2D eigenvalue weighted by molar-refractivity contribution is -0.142. The molecule has 0 aliphatic heterocycles. The standard InChI is InChI=1S/C66H123N19O16S/c1-15-38(13)52(84-62(97)50(36(9)10)81-56(91)43(28-33(3)4)78-57(92)44(31-86)75-46(87)29-73-54(89)40(69)22-17-19-25-67)63(98)76-41(24-21-27-72-66(70)71)55(90)74-30-47(88)80-48(34(5)6)60(95)85-53(39(14)16-2)64(99)83-51(37(11)12)61(96)82-49(35(7)8)59(94)79-45(32-102)58(93)77-42(65(100)101)23-18-20-26-68/h33-45,48-53,86,102H,15-32,67-69H2,1-14H3,(H,73,89)(H,74,90)(H,75,87)(H,76,98)(H,77,93)(H,78,92)(H,79,94)(H,80,88)(H,81,91)(H,82,96)(H,83,99)(H,84,97)(H,85,95)(H,100,101)(H4,70,71,72)/t38-,39-,40-,41-,42-,43-,44-,45-,48-,49-,50-,51-,52-,53-/m0/s1. The average Bonchev–Trinajstić information content (AvgIpc) is 0.848.